The molecule has 2 fully saturated rings. The molecule has 1 spiro atoms. The van der Waals surface area contributed by atoms with Crippen molar-refractivity contribution in [3.05, 3.63) is 40.4 Å². The van der Waals surface area contributed by atoms with E-state index in [4.69, 9.17) is 4.52 Å². The number of carbonyl (C=O) groups is 1. The fourth-order valence-electron chi connectivity index (χ4n) is 3.60. The van der Waals surface area contributed by atoms with Crippen LogP contribution >= 0.6 is 23.7 Å². The van der Waals surface area contributed by atoms with Gasteiger partial charge >= 0.3 is 0 Å². The van der Waals surface area contributed by atoms with Crippen molar-refractivity contribution in [2.45, 2.75) is 31.8 Å². The molecule has 3 heterocycles. The highest BCUT2D eigenvalue weighted by molar-refractivity contribution is 7.07. The van der Waals surface area contributed by atoms with E-state index >= 15 is 0 Å². The summed E-state index contributed by atoms with van der Waals surface area (Å²) < 4.78 is 4.85. The number of piperidine rings is 1. The summed E-state index contributed by atoms with van der Waals surface area (Å²) in [6.07, 6.45) is 4.89. The van der Waals surface area contributed by atoms with E-state index in [9.17, 15) is 4.79 Å². The van der Waals surface area contributed by atoms with Gasteiger partial charge in [-0.3, -0.25) is 4.79 Å². The predicted molar refractivity (Wildman–Crippen MR) is 90.9 cm³/mol. The summed E-state index contributed by atoms with van der Waals surface area (Å²) in [6.45, 7) is 2.77. The summed E-state index contributed by atoms with van der Waals surface area (Å²) in [5.74, 6) is -0.0136. The lowest BCUT2D eigenvalue weighted by Crippen LogP contribution is -2.39. The van der Waals surface area contributed by atoms with Gasteiger partial charge in [-0.1, -0.05) is 5.16 Å². The zero-order chi connectivity index (χ0) is 15.0. The number of hydrogen-bond donors (Lipinski definition) is 1. The summed E-state index contributed by atoms with van der Waals surface area (Å²) >= 11 is 1.67. The quantitative estimate of drug-likeness (QED) is 0.918. The predicted octanol–water partition coefficient (Wildman–Crippen LogP) is 2.94. The molecule has 1 amide bonds. The molecule has 1 atom stereocenters. The lowest BCUT2D eigenvalue weighted by atomic mass is 9.93. The standard InChI is InChI=1S/C16H19N3O2S.ClH/c20-15(13-1-7-21-18-13)19(10-12-2-8-22-11-12)14-9-16(14)3-5-17-6-4-16;/h1-2,7-8,11,14,17H,3-6,9-10H2;1H. The molecule has 4 rings (SSSR count). The zero-order valence-corrected chi connectivity index (χ0v) is 14.4. The van der Waals surface area contributed by atoms with Crippen LogP contribution in [0.4, 0.5) is 0 Å². The van der Waals surface area contributed by atoms with Crippen molar-refractivity contribution >= 4 is 29.7 Å². The van der Waals surface area contributed by atoms with E-state index in [1.165, 1.54) is 11.8 Å². The summed E-state index contributed by atoms with van der Waals surface area (Å²) in [5.41, 5.74) is 1.92. The first-order valence-electron chi connectivity index (χ1n) is 7.72. The molecule has 2 aliphatic rings. The van der Waals surface area contributed by atoms with Crippen molar-refractivity contribution in [2.75, 3.05) is 13.1 Å². The zero-order valence-electron chi connectivity index (χ0n) is 12.7. The summed E-state index contributed by atoms with van der Waals surface area (Å²) in [6, 6.07) is 4.07. The lowest BCUT2D eigenvalue weighted by molar-refractivity contribution is 0.0682. The first-order chi connectivity index (χ1) is 10.8. The van der Waals surface area contributed by atoms with Crippen molar-refractivity contribution in [3.8, 4) is 0 Å². The van der Waals surface area contributed by atoms with Gasteiger partial charge < -0.3 is 14.7 Å². The number of aromatic nitrogens is 1. The highest BCUT2D eigenvalue weighted by atomic mass is 35.5. The van der Waals surface area contributed by atoms with Crippen LogP contribution in [0.3, 0.4) is 0 Å². The van der Waals surface area contributed by atoms with E-state index in [1.54, 1.807) is 17.4 Å². The number of halogens is 1. The minimum absolute atomic E-state index is 0. The van der Waals surface area contributed by atoms with Crippen LogP contribution in [-0.4, -0.2) is 35.1 Å². The van der Waals surface area contributed by atoms with Gasteiger partial charge in [-0.2, -0.15) is 11.3 Å². The average Bonchev–Trinajstić information content (AvgIpc) is 3.02. The molecule has 1 saturated heterocycles. The molecule has 7 heteroatoms. The van der Waals surface area contributed by atoms with E-state index in [0.717, 1.165) is 32.4 Å². The van der Waals surface area contributed by atoms with E-state index in [0.29, 0.717) is 23.7 Å². The Balaban J connectivity index is 0.00000156. The summed E-state index contributed by atoms with van der Waals surface area (Å²) in [7, 11) is 0. The third-order valence-electron chi connectivity index (χ3n) is 4.97. The number of thiophene rings is 1. The van der Waals surface area contributed by atoms with Crippen LogP contribution in [0.5, 0.6) is 0 Å². The molecule has 23 heavy (non-hydrogen) atoms. The number of hydrogen-bond acceptors (Lipinski definition) is 5. The van der Waals surface area contributed by atoms with Crippen LogP contribution in [-0.2, 0) is 6.54 Å². The molecule has 1 aliphatic heterocycles. The molecule has 124 valence electrons. The van der Waals surface area contributed by atoms with E-state index < -0.39 is 0 Å². The van der Waals surface area contributed by atoms with E-state index in [2.05, 4.69) is 27.3 Å². The van der Waals surface area contributed by atoms with Crippen LogP contribution in [0, 0.1) is 5.41 Å². The van der Waals surface area contributed by atoms with Gasteiger partial charge in [-0.15, -0.1) is 12.4 Å². The topological polar surface area (TPSA) is 58.4 Å². The minimum Gasteiger partial charge on any atom is -0.364 e. The number of nitrogens with one attached hydrogen (secondary N) is 1. The third kappa shape index (κ3) is 3.16. The van der Waals surface area contributed by atoms with Gasteiger partial charge in [0.15, 0.2) is 5.69 Å². The van der Waals surface area contributed by atoms with Gasteiger partial charge in [-0.05, 0) is 60.2 Å². The van der Waals surface area contributed by atoms with Crippen LogP contribution in [0.2, 0.25) is 0 Å². The normalized spacial score (nSPS) is 21.7. The second-order valence-electron chi connectivity index (χ2n) is 6.28. The Morgan fingerprint density at radius 2 is 2.26 bits per heavy atom. The van der Waals surface area contributed by atoms with Gasteiger partial charge in [0, 0.05) is 18.7 Å². The van der Waals surface area contributed by atoms with Crippen LogP contribution in [0.15, 0.2) is 33.7 Å². The van der Waals surface area contributed by atoms with Crippen molar-refractivity contribution in [1.82, 2.24) is 15.4 Å². The summed E-state index contributed by atoms with van der Waals surface area (Å²) in [5, 5.41) is 11.4. The van der Waals surface area contributed by atoms with Crippen molar-refractivity contribution in [2.24, 2.45) is 5.41 Å². The molecule has 2 aromatic heterocycles. The van der Waals surface area contributed by atoms with Gasteiger partial charge in [0.1, 0.15) is 6.26 Å². The van der Waals surface area contributed by atoms with Gasteiger partial charge in [0.2, 0.25) is 0 Å². The van der Waals surface area contributed by atoms with Crippen molar-refractivity contribution in [1.29, 1.82) is 0 Å². The molecule has 0 radical (unpaired) electrons. The second kappa shape index (κ2) is 6.63. The Labute approximate surface area is 145 Å². The first-order valence-corrected chi connectivity index (χ1v) is 8.66. The maximum absolute atomic E-state index is 12.8. The Morgan fingerprint density at radius 1 is 1.43 bits per heavy atom. The highest BCUT2D eigenvalue weighted by Crippen LogP contribution is 2.56. The number of amides is 1. The van der Waals surface area contributed by atoms with Gasteiger partial charge in [0.25, 0.3) is 5.91 Å². The smallest absolute Gasteiger partial charge is 0.276 e. The van der Waals surface area contributed by atoms with E-state index in [1.807, 2.05) is 4.90 Å². The Morgan fingerprint density at radius 3 is 2.91 bits per heavy atom. The maximum Gasteiger partial charge on any atom is 0.276 e. The SMILES string of the molecule is Cl.O=C(c1ccon1)N(Cc1ccsc1)C1CC12CCNCC2. The van der Waals surface area contributed by atoms with Crippen LogP contribution in [0.1, 0.15) is 35.3 Å². The van der Waals surface area contributed by atoms with Crippen LogP contribution in [0.25, 0.3) is 0 Å². The molecule has 2 aromatic rings. The Bertz CT molecular complexity index is 638. The van der Waals surface area contributed by atoms with Gasteiger partial charge in [0.05, 0.1) is 0 Å². The van der Waals surface area contributed by atoms with Crippen molar-refractivity contribution in [3.63, 3.8) is 0 Å². The molecule has 0 bridgehead atoms. The monoisotopic (exact) mass is 353 g/mol. The largest absolute Gasteiger partial charge is 0.364 e. The highest BCUT2D eigenvalue weighted by Gasteiger charge is 2.57. The molecular weight excluding hydrogens is 334 g/mol. The fraction of sp³-hybridized carbons (Fsp3) is 0.500. The molecule has 0 aromatic carbocycles. The molecule has 5 nitrogen and oxygen atoms in total. The van der Waals surface area contributed by atoms with Crippen molar-refractivity contribution < 1.29 is 9.32 Å². The summed E-state index contributed by atoms with van der Waals surface area (Å²) in [4.78, 5) is 14.8. The number of carbonyl (C=O) groups excluding carboxylic acids is 1. The average molecular weight is 354 g/mol. The number of rotatable bonds is 4. The molecule has 1 saturated carbocycles. The third-order valence-corrected chi connectivity index (χ3v) is 5.71. The molecule has 1 aliphatic carbocycles. The van der Waals surface area contributed by atoms with E-state index in [-0.39, 0.29) is 18.3 Å². The fourth-order valence-corrected chi connectivity index (χ4v) is 4.26. The molecule has 1 unspecified atom stereocenters. The number of nitrogens with zero attached hydrogens (tertiary/aromatic N) is 2. The molecular formula is C16H20ClN3O2S. The van der Waals surface area contributed by atoms with Gasteiger partial charge in [-0.25, -0.2) is 0 Å². The minimum atomic E-state index is -0.0136. The van der Waals surface area contributed by atoms with Crippen LogP contribution < -0.4 is 5.32 Å². The molecule has 1 N–H and O–H groups in total. The second-order valence-corrected chi connectivity index (χ2v) is 7.06. The Kier molecular flexibility index (Phi) is 4.75. The first kappa shape index (κ1) is 16.5. The lowest BCUT2D eigenvalue weighted by Gasteiger charge is -2.29. The Hall–Kier alpha value is -1.37. The maximum atomic E-state index is 12.8.